The van der Waals surface area contributed by atoms with Crippen LogP contribution in [-0.2, 0) is 6.42 Å². The second kappa shape index (κ2) is 7.03. The van der Waals surface area contributed by atoms with Crippen molar-refractivity contribution < 1.29 is 0 Å². The Balaban J connectivity index is 0.00000144. The van der Waals surface area contributed by atoms with Crippen molar-refractivity contribution in [3.8, 4) is 0 Å². The molecule has 0 atom stereocenters. The molecule has 1 aromatic carbocycles. The van der Waals surface area contributed by atoms with Crippen molar-refractivity contribution in [2.75, 3.05) is 0 Å². The molecule has 0 spiro atoms. The van der Waals surface area contributed by atoms with Crippen LogP contribution in [0.3, 0.4) is 0 Å². The fourth-order valence-electron chi connectivity index (χ4n) is 2.70. The molecular formula is C15H24ClN. The van der Waals surface area contributed by atoms with Crippen molar-refractivity contribution in [2.24, 2.45) is 5.73 Å². The highest BCUT2D eigenvalue weighted by molar-refractivity contribution is 5.85. The fraction of sp³-hybridized carbons (Fsp3) is 0.600. The van der Waals surface area contributed by atoms with E-state index in [-0.39, 0.29) is 12.4 Å². The Morgan fingerprint density at radius 2 is 1.65 bits per heavy atom. The second-order valence-corrected chi connectivity index (χ2v) is 5.10. The van der Waals surface area contributed by atoms with Crippen molar-refractivity contribution in [1.29, 1.82) is 0 Å². The van der Waals surface area contributed by atoms with Crippen LogP contribution in [0.2, 0.25) is 0 Å². The Labute approximate surface area is 111 Å². The molecule has 0 radical (unpaired) electrons. The lowest BCUT2D eigenvalue weighted by molar-refractivity contribution is 0.395. The van der Waals surface area contributed by atoms with E-state index in [2.05, 4.69) is 31.2 Å². The van der Waals surface area contributed by atoms with Crippen molar-refractivity contribution >= 4 is 12.4 Å². The number of benzene rings is 1. The quantitative estimate of drug-likeness (QED) is 0.864. The predicted octanol–water partition coefficient (Wildman–Crippen LogP) is 4.05. The minimum Gasteiger partial charge on any atom is -0.328 e. The molecule has 1 saturated carbocycles. The van der Waals surface area contributed by atoms with E-state index < -0.39 is 0 Å². The summed E-state index contributed by atoms with van der Waals surface area (Å²) < 4.78 is 0. The van der Waals surface area contributed by atoms with Crippen LogP contribution in [0, 0.1) is 0 Å². The van der Waals surface area contributed by atoms with Gasteiger partial charge < -0.3 is 5.73 Å². The van der Waals surface area contributed by atoms with Crippen LogP contribution in [0.15, 0.2) is 24.3 Å². The van der Waals surface area contributed by atoms with Crippen LogP contribution in [-0.4, -0.2) is 6.04 Å². The van der Waals surface area contributed by atoms with Gasteiger partial charge in [-0.3, -0.25) is 0 Å². The summed E-state index contributed by atoms with van der Waals surface area (Å²) in [6, 6.07) is 9.70. The van der Waals surface area contributed by atoms with Crippen LogP contribution < -0.4 is 5.73 Å². The number of hydrogen-bond acceptors (Lipinski definition) is 1. The molecule has 0 saturated heterocycles. The maximum absolute atomic E-state index is 5.94. The zero-order valence-electron chi connectivity index (χ0n) is 10.7. The van der Waals surface area contributed by atoms with Crippen molar-refractivity contribution in [3.63, 3.8) is 0 Å². The third-order valence-electron chi connectivity index (χ3n) is 3.76. The highest BCUT2D eigenvalue weighted by atomic mass is 35.5. The van der Waals surface area contributed by atoms with Crippen LogP contribution in [0.5, 0.6) is 0 Å². The molecule has 0 aliphatic heterocycles. The van der Waals surface area contributed by atoms with Gasteiger partial charge in [-0.15, -0.1) is 12.4 Å². The molecule has 0 bridgehead atoms. The maximum atomic E-state index is 5.94. The standard InChI is InChI=1S/C15H23N.ClH/c1-2-3-12-4-6-13(7-5-12)14-8-10-15(16)11-9-14;/h4-7,14-15H,2-3,8-11,16H2,1H3;1H. The molecule has 0 aromatic heterocycles. The zero-order chi connectivity index (χ0) is 11.4. The van der Waals surface area contributed by atoms with Gasteiger partial charge in [0, 0.05) is 6.04 Å². The van der Waals surface area contributed by atoms with Gasteiger partial charge in [0.15, 0.2) is 0 Å². The summed E-state index contributed by atoms with van der Waals surface area (Å²) in [7, 11) is 0. The average Bonchev–Trinajstić information content (AvgIpc) is 2.32. The molecule has 17 heavy (non-hydrogen) atoms. The van der Waals surface area contributed by atoms with Gasteiger partial charge in [0.25, 0.3) is 0 Å². The lowest BCUT2D eigenvalue weighted by atomic mass is 9.82. The Morgan fingerprint density at radius 1 is 1.06 bits per heavy atom. The van der Waals surface area contributed by atoms with Crippen LogP contribution >= 0.6 is 12.4 Å². The smallest absolute Gasteiger partial charge is 0.00392 e. The molecule has 1 nitrogen and oxygen atoms in total. The summed E-state index contributed by atoms with van der Waals surface area (Å²) in [6.45, 7) is 2.23. The van der Waals surface area contributed by atoms with Crippen LogP contribution in [0.1, 0.15) is 56.1 Å². The molecule has 2 rings (SSSR count). The lowest BCUT2D eigenvalue weighted by Gasteiger charge is -2.26. The summed E-state index contributed by atoms with van der Waals surface area (Å²) in [6.07, 6.45) is 7.37. The molecule has 1 aromatic rings. The lowest BCUT2D eigenvalue weighted by Crippen LogP contribution is -2.25. The van der Waals surface area contributed by atoms with E-state index in [1.54, 1.807) is 0 Å². The first-order valence-electron chi connectivity index (χ1n) is 6.64. The number of aryl methyl sites for hydroxylation is 1. The molecule has 0 heterocycles. The van der Waals surface area contributed by atoms with E-state index in [9.17, 15) is 0 Å². The third-order valence-corrected chi connectivity index (χ3v) is 3.76. The highest BCUT2D eigenvalue weighted by Gasteiger charge is 2.19. The minimum absolute atomic E-state index is 0. The SMILES string of the molecule is CCCc1ccc(C2CCC(N)CC2)cc1.Cl. The topological polar surface area (TPSA) is 26.0 Å². The van der Waals surface area contributed by atoms with Gasteiger partial charge in [0.2, 0.25) is 0 Å². The molecule has 0 amide bonds. The van der Waals surface area contributed by atoms with Crippen LogP contribution in [0.4, 0.5) is 0 Å². The van der Waals surface area contributed by atoms with Crippen LogP contribution in [0.25, 0.3) is 0 Å². The minimum atomic E-state index is 0. The van der Waals surface area contributed by atoms with Crippen molar-refractivity contribution in [1.82, 2.24) is 0 Å². The van der Waals surface area contributed by atoms with Gasteiger partial charge >= 0.3 is 0 Å². The van der Waals surface area contributed by atoms with E-state index in [1.807, 2.05) is 0 Å². The molecule has 1 aliphatic rings. The van der Waals surface area contributed by atoms with E-state index in [0.717, 1.165) is 5.92 Å². The van der Waals surface area contributed by atoms with E-state index >= 15 is 0 Å². The summed E-state index contributed by atoms with van der Waals surface area (Å²) in [5.74, 6) is 0.760. The number of hydrogen-bond donors (Lipinski definition) is 1. The summed E-state index contributed by atoms with van der Waals surface area (Å²) in [4.78, 5) is 0. The normalized spacial score (nSPS) is 24.1. The molecular weight excluding hydrogens is 230 g/mol. The predicted molar refractivity (Wildman–Crippen MR) is 76.9 cm³/mol. The Bertz CT molecular complexity index is 312. The second-order valence-electron chi connectivity index (χ2n) is 5.10. The number of nitrogens with two attached hydrogens (primary N) is 1. The van der Waals surface area contributed by atoms with E-state index in [0.29, 0.717) is 6.04 Å². The largest absolute Gasteiger partial charge is 0.328 e. The first-order valence-corrected chi connectivity index (χ1v) is 6.64. The molecule has 1 fully saturated rings. The molecule has 2 N–H and O–H groups in total. The number of halogens is 1. The highest BCUT2D eigenvalue weighted by Crippen LogP contribution is 2.32. The summed E-state index contributed by atoms with van der Waals surface area (Å²) in [5.41, 5.74) is 8.93. The number of rotatable bonds is 3. The third kappa shape index (κ3) is 4.01. The van der Waals surface area contributed by atoms with Gasteiger partial charge in [-0.2, -0.15) is 0 Å². The Kier molecular flexibility index (Phi) is 6.01. The Morgan fingerprint density at radius 3 is 2.18 bits per heavy atom. The monoisotopic (exact) mass is 253 g/mol. The summed E-state index contributed by atoms with van der Waals surface area (Å²) >= 11 is 0. The molecule has 0 unspecified atom stereocenters. The van der Waals surface area contributed by atoms with Gasteiger partial charge in [0.05, 0.1) is 0 Å². The zero-order valence-corrected chi connectivity index (χ0v) is 11.5. The first kappa shape index (κ1) is 14.5. The fourth-order valence-corrected chi connectivity index (χ4v) is 2.70. The van der Waals surface area contributed by atoms with E-state index in [4.69, 9.17) is 5.73 Å². The summed E-state index contributed by atoms with van der Waals surface area (Å²) in [5, 5.41) is 0. The van der Waals surface area contributed by atoms with Gasteiger partial charge in [0.1, 0.15) is 0 Å². The van der Waals surface area contributed by atoms with Crippen molar-refractivity contribution in [3.05, 3.63) is 35.4 Å². The van der Waals surface area contributed by atoms with Crippen molar-refractivity contribution in [2.45, 2.75) is 57.4 Å². The first-order chi connectivity index (χ1) is 7.79. The van der Waals surface area contributed by atoms with Gasteiger partial charge in [-0.1, -0.05) is 37.6 Å². The maximum Gasteiger partial charge on any atom is 0.00392 e. The average molecular weight is 254 g/mol. The Hall–Kier alpha value is -0.530. The van der Waals surface area contributed by atoms with Gasteiger partial charge in [-0.05, 0) is 49.1 Å². The van der Waals surface area contributed by atoms with E-state index in [1.165, 1.54) is 49.7 Å². The molecule has 1 aliphatic carbocycles. The molecule has 96 valence electrons. The molecule has 2 heteroatoms. The van der Waals surface area contributed by atoms with Gasteiger partial charge in [-0.25, -0.2) is 0 Å².